The Morgan fingerprint density at radius 1 is 1.09 bits per heavy atom. The highest BCUT2D eigenvalue weighted by Crippen LogP contribution is 2.22. The second-order valence-corrected chi connectivity index (χ2v) is 9.66. The van der Waals surface area contributed by atoms with Crippen LogP contribution in [0, 0.1) is 0 Å². The highest BCUT2D eigenvalue weighted by atomic mass is 16.5. The minimum atomic E-state index is -0.608. The number of ketones is 1. The van der Waals surface area contributed by atoms with Gasteiger partial charge in [0, 0.05) is 37.9 Å². The van der Waals surface area contributed by atoms with Gasteiger partial charge in [-0.2, -0.15) is 0 Å². The fourth-order valence-electron chi connectivity index (χ4n) is 3.88. The first-order valence-corrected chi connectivity index (χ1v) is 11.7. The molecule has 0 bridgehead atoms. The predicted molar refractivity (Wildman–Crippen MR) is 130 cm³/mol. The summed E-state index contributed by atoms with van der Waals surface area (Å²) in [5.74, 6) is -0.381. The maximum atomic E-state index is 12.5. The van der Waals surface area contributed by atoms with E-state index < -0.39 is 11.7 Å². The monoisotopic (exact) mass is 452 g/mol. The van der Waals surface area contributed by atoms with E-state index in [2.05, 4.69) is 38.0 Å². The Hall–Kier alpha value is -2.70. The number of carbonyl (C=O) groups is 2. The first-order valence-electron chi connectivity index (χ1n) is 11.7. The van der Waals surface area contributed by atoms with Crippen molar-refractivity contribution in [3.8, 4) is 5.75 Å². The van der Waals surface area contributed by atoms with Crippen LogP contribution in [0.5, 0.6) is 5.75 Å². The number of Topliss-reactive ketones (excluding diaryl/α,β-unsaturated/α-hetero) is 1. The van der Waals surface area contributed by atoms with E-state index >= 15 is 0 Å². The molecule has 1 heterocycles. The molecule has 1 amide bonds. The number of nitrogens with one attached hydrogen (secondary N) is 1. The third kappa shape index (κ3) is 7.41. The van der Waals surface area contributed by atoms with Gasteiger partial charge in [-0.05, 0) is 48.6 Å². The van der Waals surface area contributed by atoms with Crippen LogP contribution in [-0.4, -0.2) is 56.0 Å². The molecule has 1 N–H and O–H groups in total. The summed E-state index contributed by atoms with van der Waals surface area (Å²) < 4.78 is 11.3. The Balaban J connectivity index is 1.46. The zero-order valence-electron chi connectivity index (χ0n) is 20.2. The van der Waals surface area contributed by atoms with Crippen molar-refractivity contribution in [2.75, 3.05) is 33.4 Å². The number of benzene rings is 2. The molecule has 33 heavy (non-hydrogen) atoms. The van der Waals surface area contributed by atoms with Crippen LogP contribution >= 0.6 is 0 Å². The van der Waals surface area contributed by atoms with Crippen LogP contribution in [-0.2, 0) is 21.5 Å². The zero-order chi connectivity index (χ0) is 23.8. The quantitative estimate of drug-likeness (QED) is 0.461. The van der Waals surface area contributed by atoms with Crippen LogP contribution < -0.4 is 10.1 Å². The van der Waals surface area contributed by atoms with Crippen molar-refractivity contribution in [2.45, 2.75) is 51.6 Å². The molecular weight excluding hydrogens is 416 g/mol. The van der Waals surface area contributed by atoms with Crippen molar-refractivity contribution in [1.29, 1.82) is 0 Å². The topological polar surface area (TPSA) is 67.9 Å². The molecule has 1 aliphatic heterocycles. The summed E-state index contributed by atoms with van der Waals surface area (Å²) in [5, 5.41) is 2.72. The van der Waals surface area contributed by atoms with Gasteiger partial charge in [0.05, 0.1) is 0 Å². The summed E-state index contributed by atoms with van der Waals surface area (Å²) >= 11 is 0. The SMILES string of the molecule is CN(CCOc1cccc(CNC(=O)C(=O)c2ccc(C(C)(C)C)cc2)c1)C1CCOCC1. The Bertz CT molecular complexity index is 928. The minimum absolute atomic E-state index is 0.00281. The van der Waals surface area contributed by atoms with Gasteiger partial charge in [0.2, 0.25) is 5.78 Å². The molecule has 0 spiro atoms. The smallest absolute Gasteiger partial charge is 0.292 e. The van der Waals surface area contributed by atoms with E-state index in [1.54, 1.807) is 12.1 Å². The van der Waals surface area contributed by atoms with Gasteiger partial charge in [-0.1, -0.05) is 57.2 Å². The largest absolute Gasteiger partial charge is 0.492 e. The van der Waals surface area contributed by atoms with Crippen LogP contribution in [0.4, 0.5) is 0 Å². The summed E-state index contributed by atoms with van der Waals surface area (Å²) in [7, 11) is 2.12. The molecule has 1 saturated heterocycles. The second-order valence-electron chi connectivity index (χ2n) is 9.66. The van der Waals surface area contributed by atoms with Gasteiger partial charge in [-0.3, -0.25) is 14.5 Å². The molecule has 6 nitrogen and oxygen atoms in total. The molecule has 3 rings (SSSR count). The number of likely N-dealkylation sites (N-methyl/N-ethyl adjacent to an activating group) is 1. The van der Waals surface area contributed by atoms with Crippen LogP contribution in [0.15, 0.2) is 48.5 Å². The molecule has 0 unspecified atom stereocenters. The Morgan fingerprint density at radius 2 is 1.79 bits per heavy atom. The van der Waals surface area contributed by atoms with Crippen molar-refractivity contribution in [2.24, 2.45) is 0 Å². The van der Waals surface area contributed by atoms with E-state index in [0.717, 1.165) is 49.5 Å². The molecule has 6 heteroatoms. The molecular formula is C27H36N2O4. The maximum absolute atomic E-state index is 12.5. The van der Waals surface area contributed by atoms with E-state index in [1.807, 2.05) is 36.4 Å². The normalized spacial score (nSPS) is 14.8. The maximum Gasteiger partial charge on any atom is 0.292 e. The summed E-state index contributed by atoms with van der Waals surface area (Å²) in [6, 6.07) is 15.4. The van der Waals surface area contributed by atoms with Gasteiger partial charge in [0.1, 0.15) is 12.4 Å². The highest BCUT2D eigenvalue weighted by Gasteiger charge is 2.19. The lowest BCUT2D eigenvalue weighted by Gasteiger charge is -2.31. The molecule has 2 aromatic rings. The second kappa shape index (κ2) is 11.4. The molecule has 0 radical (unpaired) electrons. The van der Waals surface area contributed by atoms with E-state index in [9.17, 15) is 9.59 Å². The van der Waals surface area contributed by atoms with Crippen LogP contribution in [0.25, 0.3) is 0 Å². The lowest BCUT2D eigenvalue weighted by atomic mass is 9.86. The van der Waals surface area contributed by atoms with Gasteiger partial charge in [0.15, 0.2) is 0 Å². The molecule has 0 aliphatic carbocycles. The van der Waals surface area contributed by atoms with E-state index in [0.29, 0.717) is 18.2 Å². The van der Waals surface area contributed by atoms with Crippen LogP contribution in [0.2, 0.25) is 0 Å². The highest BCUT2D eigenvalue weighted by molar-refractivity contribution is 6.42. The van der Waals surface area contributed by atoms with Gasteiger partial charge in [-0.25, -0.2) is 0 Å². The van der Waals surface area contributed by atoms with Gasteiger partial charge in [-0.15, -0.1) is 0 Å². The van der Waals surface area contributed by atoms with Crippen molar-refractivity contribution in [3.05, 3.63) is 65.2 Å². The van der Waals surface area contributed by atoms with Crippen molar-refractivity contribution in [1.82, 2.24) is 10.2 Å². The summed E-state index contributed by atoms with van der Waals surface area (Å²) in [5.41, 5.74) is 2.40. The lowest BCUT2D eigenvalue weighted by molar-refractivity contribution is -0.117. The minimum Gasteiger partial charge on any atom is -0.492 e. The number of hydrogen-bond donors (Lipinski definition) is 1. The summed E-state index contributed by atoms with van der Waals surface area (Å²) in [4.78, 5) is 27.2. The third-order valence-corrected chi connectivity index (χ3v) is 6.10. The van der Waals surface area contributed by atoms with Gasteiger partial charge >= 0.3 is 0 Å². The molecule has 1 aliphatic rings. The number of carbonyl (C=O) groups excluding carboxylic acids is 2. The summed E-state index contributed by atoms with van der Waals surface area (Å²) in [6.45, 7) is 9.68. The van der Waals surface area contributed by atoms with Crippen LogP contribution in [0.1, 0.15) is 55.1 Å². The third-order valence-electron chi connectivity index (χ3n) is 6.10. The number of ether oxygens (including phenoxy) is 2. The van der Waals surface area contributed by atoms with E-state index in [-0.39, 0.29) is 12.0 Å². The molecule has 178 valence electrons. The first kappa shape index (κ1) is 24.9. The number of nitrogens with zero attached hydrogens (tertiary/aromatic N) is 1. The number of rotatable bonds is 9. The fraction of sp³-hybridized carbons (Fsp3) is 0.481. The Kier molecular flexibility index (Phi) is 8.64. The molecule has 0 saturated carbocycles. The van der Waals surface area contributed by atoms with Gasteiger partial charge in [0.25, 0.3) is 5.91 Å². The van der Waals surface area contributed by atoms with E-state index in [1.165, 1.54) is 0 Å². The standard InChI is InChI=1S/C27H36N2O4/c1-27(2,3)22-10-8-21(9-11-22)25(30)26(31)28-19-20-6-5-7-24(18-20)33-17-14-29(4)23-12-15-32-16-13-23/h5-11,18,23H,12-17,19H2,1-4H3,(H,28,31). The number of hydrogen-bond acceptors (Lipinski definition) is 5. The number of amides is 1. The average molecular weight is 453 g/mol. The lowest BCUT2D eigenvalue weighted by Crippen LogP contribution is -2.38. The summed E-state index contributed by atoms with van der Waals surface area (Å²) in [6.07, 6.45) is 2.12. The molecule has 2 aromatic carbocycles. The van der Waals surface area contributed by atoms with Gasteiger partial charge < -0.3 is 14.8 Å². The van der Waals surface area contributed by atoms with Crippen LogP contribution in [0.3, 0.4) is 0 Å². The predicted octanol–water partition coefficient (Wildman–Crippen LogP) is 3.97. The average Bonchev–Trinajstić information content (AvgIpc) is 2.82. The van der Waals surface area contributed by atoms with Crippen molar-refractivity contribution in [3.63, 3.8) is 0 Å². The first-order chi connectivity index (χ1) is 15.7. The molecule has 1 fully saturated rings. The Morgan fingerprint density at radius 3 is 2.45 bits per heavy atom. The fourth-order valence-corrected chi connectivity index (χ4v) is 3.88. The molecule has 0 aromatic heterocycles. The molecule has 0 atom stereocenters. The van der Waals surface area contributed by atoms with Crippen molar-refractivity contribution >= 4 is 11.7 Å². The van der Waals surface area contributed by atoms with Crippen molar-refractivity contribution < 1.29 is 19.1 Å². The Labute approximate surface area is 197 Å². The zero-order valence-corrected chi connectivity index (χ0v) is 20.2. The van der Waals surface area contributed by atoms with E-state index in [4.69, 9.17) is 9.47 Å².